The molecule has 0 aliphatic carbocycles. The van der Waals surface area contributed by atoms with Crippen LogP contribution in [-0.2, 0) is 4.74 Å². The zero-order valence-electron chi connectivity index (χ0n) is 10.2. The van der Waals surface area contributed by atoms with Gasteiger partial charge in [-0.15, -0.1) is 16.4 Å². The van der Waals surface area contributed by atoms with Gasteiger partial charge >= 0.3 is 5.97 Å². The van der Waals surface area contributed by atoms with E-state index in [1.807, 2.05) is 18.2 Å². The number of hydrogen-bond donors (Lipinski definition) is 1. The monoisotopic (exact) mass is 309 g/mol. The van der Waals surface area contributed by atoms with E-state index in [9.17, 15) is 9.90 Å². The average Bonchev–Trinajstić information content (AvgIpc) is 3.01. The van der Waals surface area contributed by atoms with Crippen LogP contribution in [0.1, 0.15) is 9.67 Å². The summed E-state index contributed by atoms with van der Waals surface area (Å²) in [5.74, 6) is -0.955. The Morgan fingerprint density at radius 1 is 1.45 bits per heavy atom. The Morgan fingerprint density at radius 2 is 2.20 bits per heavy atom. The Bertz CT molecular complexity index is 811. The maximum absolute atomic E-state index is 11.6. The van der Waals surface area contributed by atoms with Crippen LogP contribution in [0.4, 0.5) is 0 Å². The smallest absolute Gasteiger partial charge is 0.352 e. The number of halogens is 1. The van der Waals surface area contributed by atoms with Crippen LogP contribution in [0.25, 0.3) is 16.0 Å². The van der Waals surface area contributed by atoms with Gasteiger partial charge in [-0.05, 0) is 12.1 Å². The topological polar surface area (TPSA) is 77.2 Å². The van der Waals surface area contributed by atoms with Crippen molar-refractivity contribution < 1.29 is 14.6 Å². The van der Waals surface area contributed by atoms with Gasteiger partial charge in [0.1, 0.15) is 15.5 Å². The summed E-state index contributed by atoms with van der Waals surface area (Å²) in [6.07, 6.45) is 0. The largest absolute Gasteiger partial charge is 0.505 e. The molecule has 0 atom stereocenters. The molecule has 0 radical (unpaired) electrons. The SMILES string of the molecule is COC(=O)c1sc(-n2nnc3ccccc32)c(Cl)c1O. The van der Waals surface area contributed by atoms with E-state index in [4.69, 9.17) is 11.6 Å². The molecule has 0 saturated carbocycles. The molecule has 8 heteroatoms. The number of ether oxygens (including phenoxy) is 1. The minimum Gasteiger partial charge on any atom is -0.505 e. The molecule has 0 aliphatic heterocycles. The summed E-state index contributed by atoms with van der Waals surface area (Å²) in [5, 5.41) is 18.4. The van der Waals surface area contributed by atoms with Crippen molar-refractivity contribution >= 4 is 39.9 Å². The number of aromatic nitrogens is 3. The molecule has 2 aromatic heterocycles. The van der Waals surface area contributed by atoms with Crippen molar-refractivity contribution in [3.05, 3.63) is 34.2 Å². The van der Waals surface area contributed by atoms with Gasteiger partial charge in [0.05, 0.1) is 12.6 Å². The lowest BCUT2D eigenvalue weighted by molar-refractivity contribution is 0.0603. The number of nitrogens with zero attached hydrogens (tertiary/aromatic N) is 3. The third-order valence-corrected chi connectivity index (χ3v) is 4.33. The van der Waals surface area contributed by atoms with Gasteiger partial charge in [0.2, 0.25) is 0 Å². The van der Waals surface area contributed by atoms with Crippen LogP contribution in [0.15, 0.2) is 24.3 Å². The fourth-order valence-corrected chi connectivity index (χ4v) is 3.09. The molecule has 20 heavy (non-hydrogen) atoms. The molecule has 0 aliphatic rings. The van der Waals surface area contributed by atoms with Gasteiger partial charge < -0.3 is 9.84 Å². The Kier molecular flexibility index (Phi) is 3.07. The van der Waals surface area contributed by atoms with Gasteiger partial charge in [-0.1, -0.05) is 28.9 Å². The zero-order valence-corrected chi connectivity index (χ0v) is 11.8. The molecule has 2 heterocycles. The highest BCUT2D eigenvalue weighted by molar-refractivity contribution is 7.17. The number of fused-ring (bicyclic) bond motifs is 1. The van der Waals surface area contributed by atoms with Crippen molar-refractivity contribution in [1.82, 2.24) is 15.0 Å². The van der Waals surface area contributed by atoms with Gasteiger partial charge in [0.25, 0.3) is 0 Å². The Balaban J connectivity index is 2.22. The van der Waals surface area contributed by atoms with Crippen LogP contribution >= 0.6 is 22.9 Å². The van der Waals surface area contributed by atoms with Crippen LogP contribution in [0.3, 0.4) is 0 Å². The number of carbonyl (C=O) groups excluding carboxylic acids is 1. The van der Waals surface area contributed by atoms with Crippen molar-refractivity contribution in [3.63, 3.8) is 0 Å². The third kappa shape index (κ3) is 1.83. The van der Waals surface area contributed by atoms with Gasteiger partial charge in [0.15, 0.2) is 10.6 Å². The Morgan fingerprint density at radius 3 is 2.95 bits per heavy atom. The molecule has 102 valence electrons. The number of hydrogen-bond acceptors (Lipinski definition) is 6. The summed E-state index contributed by atoms with van der Waals surface area (Å²) in [7, 11) is 1.24. The number of esters is 1. The van der Waals surface area contributed by atoms with E-state index in [2.05, 4.69) is 15.0 Å². The maximum atomic E-state index is 11.6. The molecule has 0 fully saturated rings. The highest BCUT2D eigenvalue weighted by Gasteiger charge is 2.24. The number of para-hydroxylation sites is 1. The van der Waals surface area contributed by atoms with Crippen LogP contribution in [0.2, 0.25) is 5.02 Å². The summed E-state index contributed by atoms with van der Waals surface area (Å²) >= 11 is 7.07. The standard InChI is InChI=1S/C12H8ClN3O3S/c1-19-12(18)10-9(17)8(13)11(20-10)16-7-5-3-2-4-6(7)14-15-16/h2-5,17H,1H3. The van der Waals surface area contributed by atoms with Crippen LogP contribution in [0.5, 0.6) is 5.75 Å². The molecule has 0 spiro atoms. The normalized spacial score (nSPS) is 10.9. The maximum Gasteiger partial charge on any atom is 0.352 e. The van der Waals surface area contributed by atoms with Crippen LogP contribution < -0.4 is 0 Å². The molecule has 1 aromatic carbocycles. The second-order valence-corrected chi connectivity index (χ2v) is 5.26. The second-order valence-electron chi connectivity index (χ2n) is 3.88. The molecule has 6 nitrogen and oxygen atoms in total. The van der Waals surface area contributed by atoms with Crippen molar-refractivity contribution in [2.45, 2.75) is 0 Å². The lowest BCUT2D eigenvalue weighted by Crippen LogP contribution is -1.97. The molecule has 0 bridgehead atoms. The van der Waals surface area contributed by atoms with E-state index in [0.717, 1.165) is 16.9 Å². The van der Waals surface area contributed by atoms with Crippen molar-refractivity contribution in [3.8, 4) is 10.8 Å². The summed E-state index contributed by atoms with van der Waals surface area (Å²) < 4.78 is 6.08. The quantitative estimate of drug-likeness (QED) is 0.736. The van der Waals surface area contributed by atoms with Crippen LogP contribution in [0, 0.1) is 0 Å². The van der Waals surface area contributed by atoms with Gasteiger partial charge in [0, 0.05) is 0 Å². The summed E-state index contributed by atoms with van der Waals surface area (Å²) in [6, 6.07) is 7.31. The fourth-order valence-electron chi connectivity index (χ4n) is 1.78. The number of methoxy groups -OCH3 is 1. The Labute approximate surface area is 122 Å². The van der Waals surface area contributed by atoms with Crippen molar-refractivity contribution in [1.29, 1.82) is 0 Å². The summed E-state index contributed by atoms with van der Waals surface area (Å²) in [5.41, 5.74) is 1.42. The second kappa shape index (κ2) is 4.77. The summed E-state index contributed by atoms with van der Waals surface area (Å²) in [6.45, 7) is 0. The first-order valence-corrected chi connectivity index (χ1v) is 6.73. The highest BCUT2D eigenvalue weighted by Crippen LogP contribution is 2.41. The number of benzene rings is 1. The highest BCUT2D eigenvalue weighted by atomic mass is 35.5. The van der Waals surface area contributed by atoms with Crippen molar-refractivity contribution in [2.75, 3.05) is 7.11 Å². The number of thiophene rings is 1. The fraction of sp³-hybridized carbons (Fsp3) is 0.0833. The van der Waals surface area contributed by atoms with Crippen molar-refractivity contribution in [2.24, 2.45) is 0 Å². The van der Waals surface area contributed by atoms with Gasteiger partial charge in [-0.2, -0.15) is 0 Å². The molecular formula is C12H8ClN3O3S. The first-order valence-electron chi connectivity index (χ1n) is 5.54. The molecule has 0 amide bonds. The zero-order chi connectivity index (χ0) is 14.3. The first-order chi connectivity index (χ1) is 9.63. The molecule has 1 N–H and O–H groups in total. The van der Waals surface area contributed by atoms with E-state index in [1.165, 1.54) is 11.8 Å². The molecule has 0 unspecified atom stereocenters. The predicted octanol–water partition coefficient (Wildman–Crippen LogP) is 2.63. The molecule has 0 saturated heterocycles. The first kappa shape index (κ1) is 12.9. The van der Waals surface area contributed by atoms with E-state index >= 15 is 0 Å². The average molecular weight is 310 g/mol. The molecular weight excluding hydrogens is 302 g/mol. The third-order valence-electron chi connectivity index (χ3n) is 2.72. The Hall–Kier alpha value is -2.12. The summed E-state index contributed by atoms with van der Waals surface area (Å²) in [4.78, 5) is 11.6. The lowest BCUT2D eigenvalue weighted by atomic mass is 10.3. The van der Waals surface area contributed by atoms with E-state index in [1.54, 1.807) is 6.07 Å². The van der Waals surface area contributed by atoms with Crippen LogP contribution in [-0.4, -0.2) is 33.2 Å². The lowest BCUT2D eigenvalue weighted by Gasteiger charge is -1.98. The molecule has 3 rings (SSSR count). The predicted molar refractivity (Wildman–Crippen MR) is 74.8 cm³/mol. The molecule has 3 aromatic rings. The number of rotatable bonds is 2. The van der Waals surface area contributed by atoms with E-state index in [-0.39, 0.29) is 15.6 Å². The minimum atomic E-state index is -0.648. The van der Waals surface area contributed by atoms with E-state index < -0.39 is 5.97 Å². The van der Waals surface area contributed by atoms with Gasteiger partial charge in [-0.25, -0.2) is 9.48 Å². The number of carbonyl (C=O) groups is 1. The van der Waals surface area contributed by atoms with Gasteiger partial charge in [-0.3, -0.25) is 0 Å². The number of aromatic hydroxyl groups is 1. The minimum absolute atomic E-state index is 0.0343. The van der Waals surface area contributed by atoms with E-state index in [0.29, 0.717) is 10.5 Å².